The molecule has 2 nitrogen and oxygen atoms in total. The molecule has 0 spiro atoms. The lowest BCUT2D eigenvalue weighted by Crippen LogP contribution is -2.13. The summed E-state index contributed by atoms with van der Waals surface area (Å²) >= 11 is 0. The first-order valence-electron chi connectivity index (χ1n) is 7.97. The van der Waals surface area contributed by atoms with Gasteiger partial charge in [0.1, 0.15) is 0 Å². The Kier molecular flexibility index (Phi) is 4.69. The molecule has 0 radical (unpaired) electrons. The van der Waals surface area contributed by atoms with Crippen molar-refractivity contribution in [2.75, 3.05) is 6.54 Å². The molecule has 1 aliphatic heterocycles. The molecule has 2 heteroatoms. The topological polar surface area (TPSA) is 29.1 Å². The van der Waals surface area contributed by atoms with Gasteiger partial charge in [-0.15, -0.1) is 0 Å². The Hall–Kier alpha value is -2.35. The average molecular weight is 291 g/mol. The molecular formula is C20H21NO. The molecule has 0 atom stereocenters. The monoisotopic (exact) mass is 291 g/mol. The number of ketones is 1. The Morgan fingerprint density at radius 3 is 2.36 bits per heavy atom. The second-order valence-electron chi connectivity index (χ2n) is 5.71. The minimum absolute atomic E-state index is 0.0870. The van der Waals surface area contributed by atoms with Crippen molar-refractivity contribution in [2.24, 2.45) is 0 Å². The Morgan fingerprint density at radius 2 is 1.59 bits per heavy atom. The van der Waals surface area contributed by atoms with Gasteiger partial charge < -0.3 is 5.32 Å². The second-order valence-corrected chi connectivity index (χ2v) is 5.71. The normalized spacial score (nSPS) is 16.8. The third-order valence-electron chi connectivity index (χ3n) is 4.06. The van der Waals surface area contributed by atoms with Gasteiger partial charge in [-0.25, -0.2) is 0 Å². The van der Waals surface area contributed by atoms with Gasteiger partial charge in [0, 0.05) is 23.9 Å². The molecule has 1 heterocycles. The van der Waals surface area contributed by atoms with Crippen molar-refractivity contribution < 1.29 is 4.79 Å². The van der Waals surface area contributed by atoms with Crippen LogP contribution in [0.3, 0.4) is 0 Å². The fraction of sp³-hybridized carbons (Fsp3) is 0.250. The number of nitrogens with one attached hydrogen (secondary N) is 1. The molecular weight excluding hydrogens is 270 g/mol. The van der Waals surface area contributed by atoms with Crippen LogP contribution in [0.25, 0.3) is 11.1 Å². The van der Waals surface area contributed by atoms with Crippen molar-refractivity contribution in [1.29, 1.82) is 0 Å². The van der Waals surface area contributed by atoms with Crippen LogP contribution in [0.5, 0.6) is 0 Å². The highest BCUT2D eigenvalue weighted by Crippen LogP contribution is 2.20. The van der Waals surface area contributed by atoms with Gasteiger partial charge in [-0.2, -0.15) is 0 Å². The molecule has 0 saturated carbocycles. The summed E-state index contributed by atoms with van der Waals surface area (Å²) in [6.45, 7) is 0.978. The number of hydrogen-bond acceptors (Lipinski definition) is 2. The molecule has 1 saturated heterocycles. The summed E-state index contributed by atoms with van der Waals surface area (Å²) in [4.78, 5) is 12.4. The molecule has 2 aromatic carbocycles. The van der Waals surface area contributed by atoms with Gasteiger partial charge >= 0.3 is 0 Å². The van der Waals surface area contributed by atoms with Gasteiger partial charge in [0.15, 0.2) is 5.78 Å². The third-order valence-corrected chi connectivity index (χ3v) is 4.06. The Morgan fingerprint density at radius 1 is 0.864 bits per heavy atom. The van der Waals surface area contributed by atoms with Gasteiger partial charge in [0.25, 0.3) is 0 Å². The quantitative estimate of drug-likeness (QED) is 0.662. The lowest BCUT2D eigenvalue weighted by molar-refractivity contribution is 0.104. The summed E-state index contributed by atoms with van der Waals surface area (Å²) in [5.74, 6) is 0.0870. The smallest absolute Gasteiger partial charge is 0.187 e. The Labute approximate surface area is 131 Å². The maximum atomic E-state index is 12.4. The minimum atomic E-state index is 0.0870. The van der Waals surface area contributed by atoms with Crippen molar-refractivity contribution in [3.05, 3.63) is 71.9 Å². The first-order valence-corrected chi connectivity index (χ1v) is 7.97. The van der Waals surface area contributed by atoms with Gasteiger partial charge in [-0.05, 0) is 30.4 Å². The number of rotatable bonds is 3. The second kappa shape index (κ2) is 7.08. The zero-order chi connectivity index (χ0) is 15.2. The summed E-state index contributed by atoms with van der Waals surface area (Å²) in [5, 5.41) is 3.36. The van der Waals surface area contributed by atoms with Crippen molar-refractivity contribution >= 4 is 5.78 Å². The van der Waals surface area contributed by atoms with Crippen LogP contribution in [0.1, 0.15) is 36.0 Å². The first kappa shape index (κ1) is 14.6. The average Bonchev–Trinajstić information content (AvgIpc) is 2.84. The van der Waals surface area contributed by atoms with E-state index in [1.165, 1.54) is 24.8 Å². The zero-order valence-electron chi connectivity index (χ0n) is 12.7. The van der Waals surface area contributed by atoms with Crippen molar-refractivity contribution in [2.45, 2.75) is 25.7 Å². The van der Waals surface area contributed by atoms with E-state index in [1.54, 1.807) is 6.08 Å². The molecule has 0 aromatic heterocycles. The number of carbonyl (C=O) groups is 1. The highest BCUT2D eigenvalue weighted by atomic mass is 16.1. The number of hydrogen-bond donors (Lipinski definition) is 1. The van der Waals surface area contributed by atoms with Crippen LogP contribution >= 0.6 is 0 Å². The summed E-state index contributed by atoms with van der Waals surface area (Å²) in [7, 11) is 0. The molecule has 22 heavy (non-hydrogen) atoms. The summed E-state index contributed by atoms with van der Waals surface area (Å²) in [6.07, 6.45) is 6.34. The molecule has 2 aromatic rings. The molecule has 1 N–H and O–H groups in total. The summed E-state index contributed by atoms with van der Waals surface area (Å²) in [5.41, 5.74) is 4.13. The van der Waals surface area contributed by atoms with Crippen molar-refractivity contribution in [1.82, 2.24) is 5.32 Å². The van der Waals surface area contributed by atoms with E-state index in [2.05, 4.69) is 17.4 Å². The van der Waals surface area contributed by atoms with Crippen LogP contribution in [0.15, 0.2) is 66.4 Å². The van der Waals surface area contributed by atoms with Gasteiger partial charge in [0.2, 0.25) is 0 Å². The molecule has 112 valence electrons. The predicted molar refractivity (Wildman–Crippen MR) is 90.8 cm³/mol. The largest absolute Gasteiger partial charge is 0.388 e. The molecule has 0 amide bonds. The number of allylic oxidation sites excluding steroid dienone is 2. The van der Waals surface area contributed by atoms with E-state index in [1.807, 2.05) is 42.5 Å². The van der Waals surface area contributed by atoms with E-state index in [9.17, 15) is 4.79 Å². The van der Waals surface area contributed by atoms with E-state index in [0.717, 1.165) is 29.8 Å². The zero-order valence-corrected chi connectivity index (χ0v) is 12.7. The van der Waals surface area contributed by atoms with Crippen LogP contribution in [-0.4, -0.2) is 12.3 Å². The van der Waals surface area contributed by atoms with Crippen LogP contribution in [0.2, 0.25) is 0 Å². The molecule has 0 unspecified atom stereocenters. The third kappa shape index (κ3) is 3.64. The maximum Gasteiger partial charge on any atom is 0.187 e. The highest BCUT2D eigenvalue weighted by molar-refractivity contribution is 6.05. The minimum Gasteiger partial charge on any atom is -0.388 e. The van der Waals surface area contributed by atoms with Gasteiger partial charge in [-0.3, -0.25) is 4.79 Å². The van der Waals surface area contributed by atoms with Crippen molar-refractivity contribution in [3.63, 3.8) is 0 Å². The fourth-order valence-corrected chi connectivity index (χ4v) is 2.78. The predicted octanol–water partition coefficient (Wildman–Crippen LogP) is 4.58. The van der Waals surface area contributed by atoms with Crippen molar-refractivity contribution in [3.8, 4) is 11.1 Å². The van der Waals surface area contributed by atoms with E-state index in [0.29, 0.717) is 0 Å². The fourth-order valence-electron chi connectivity index (χ4n) is 2.78. The molecule has 0 bridgehead atoms. The van der Waals surface area contributed by atoms with Crippen LogP contribution in [0.4, 0.5) is 0 Å². The molecule has 0 aliphatic carbocycles. The van der Waals surface area contributed by atoms with E-state index in [-0.39, 0.29) is 5.78 Å². The number of benzene rings is 2. The highest BCUT2D eigenvalue weighted by Gasteiger charge is 2.08. The molecule has 1 aliphatic rings. The first-order chi connectivity index (χ1) is 10.8. The van der Waals surface area contributed by atoms with Gasteiger partial charge in [-0.1, -0.05) is 61.0 Å². The Bertz CT molecular complexity index is 646. The van der Waals surface area contributed by atoms with Crippen LogP contribution in [-0.2, 0) is 0 Å². The maximum absolute atomic E-state index is 12.4. The summed E-state index contributed by atoms with van der Waals surface area (Å²) in [6, 6.07) is 18.1. The SMILES string of the molecule is O=C(/C=C1/CCCCCN1)c1ccc(-c2ccccc2)cc1. The standard InChI is InChI=1S/C20H21NO/c22-20(15-19-9-5-2-6-14-21-19)18-12-10-17(11-13-18)16-7-3-1-4-8-16/h1,3-4,7-8,10-13,15,21H,2,5-6,9,14H2/b19-15-. The van der Waals surface area contributed by atoms with Crippen LogP contribution in [0, 0.1) is 0 Å². The van der Waals surface area contributed by atoms with Crippen LogP contribution < -0.4 is 5.32 Å². The lowest BCUT2D eigenvalue weighted by atomic mass is 10.0. The molecule has 1 fully saturated rings. The number of carbonyl (C=O) groups excluding carboxylic acids is 1. The van der Waals surface area contributed by atoms with E-state index in [4.69, 9.17) is 0 Å². The molecule has 3 rings (SSSR count). The van der Waals surface area contributed by atoms with E-state index >= 15 is 0 Å². The lowest BCUT2D eigenvalue weighted by Gasteiger charge is -2.06. The summed E-state index contributed by atoms with van der Waals surface area (Å²) < 4.78 is 0. The Balaban J connectivity index is 1.75. The van der Waals surface area contributed by atoms with Gasteiger partial charge in [0.05, 0.1) is 0 Å². The van der Waals surface area contributed by atoms with E-state index < -0.39 is 0 Å².